The van der Waals surface area contributed by atoms with Crippen molar-refractivity contribution in [2.45, 2.75) is 6.10 Å². The first-order valence-electron chi connectivity index (χ1n) is 7.34. The molecule has 0 aliphatic carbocycles. The monoisotopic (exact) mass is 304 g/mol. The molecule has 1 N–H and O–H groups in total. The largest absolute Gasteiger partial charge is 0.478 e. The van der Waals surface area contributed by atoms with Gasteiger partial charge in [0, 0.05) is 5.56 Å². The van der Waals surface area contributed by atoms with E-state index in [0.717, 1.165) is 11.1 Å². The number of aliphatic carboxylic acids is 1. The van der Waals surface area contributed by atoms with Crippen LogP contribution >= 0.6 is 0 Å². The molecule has 114 valence electrons. The number of carboxylic acid groups (broad SMARTS) is 1. The van der Waals surface area contributed by atoms with Crippen molar-refractivity contribution in [2.75, 3.05) is 0 Å². The third-order valence-corrected chi connectivity index (χ3v) is 3.54. The van der Waals surface area contributed by atoms with Gasteiger partial charge in [-0.1, -0.05) is 72.8 Å². The maximum Gasteiger partial charge on any atom is 0.349 e. The predicted octanol–water partition coefficient (Wildman–Crippen LogP) is 4.56. The number of benzene rings is 3. The highest BCUT2D eigenvalue weighted by atomic mass is 16.5. The summed E-state index contributed by atoms with van der Waals surface area (Å²) in [6.45, 7) is 0. The van der Waals surface area contributed by atoms with Crippen LogP contribution < -0.4 is 4.74 Å². The molecular formula is C20H16O3. The minimum Gasteiger partial charge on any atom is -0.478 e. The van der Waals surface area contributed by atoms with Gasteiger partial charge in [-0.15, -0.1) is 0 Å². The van der Waals surface area contributed by atoms with Crippen molar-refractivity contribution in [3.05, 3.63) is 90.5 Å². The second-order valence-corrected chi connectivity index (χ2v) is 5.14. The molecule has 0 saturated heterocycles. The zero-order chi connectivity index (χ0) is 16.1. The molecule has 1 atom stereocenters. The fraction of sp³-hybridized carbons (Fsp3) is 0.0500. The average Bonchev–Trinajstić information content (AvgIpc) is 2.61. The minimum atomic E-state index is -1.02. The summed E-state index contributed by atoms with van der Waals surface area (Å²) >= 11 is 0. The zero-order valence-corrected chi connectivity index (χ0v) is 12.4. The van der Waals surface area contributed by atoms with Crippen molar-refractivity contribution >= 4 is 5.97 Å². The number of hydrogen-bond donors (Lipinski definition) is 1. The van der Waals surface area contributed by atoms with Crippen molar-refractivity contribution in [3.8, 4) is 16.9 Å². The summed E-state index contributed by atoms with van der Waals surface area (Å²) in [7, 11) is 0. The fourth-order valence-corrected chi connectivity index (χ4v) is 2.38. The molecule has 3 aromatic rings. The van der Waals surface area contributed by atoms with Crippen molar-refractivity contribution in [1.82, 2.24) is 0 Å². The fourth-order valence-electron chi connectivity index (χ4n) is 2.38. The lowest BCUT2D eigenvalue weighted by molar-refractivity contribution is -0.145. The summed E-state index contributed by atoms with van der Waals surface area (Å²) in [4.78, 5) is 11.5. The molecule has 0 amide bonds. The van der Waals surface area contributed by atoms with Crippen LogP contribution in [-0.4, -0.2) is 11.1 Å². The van der Waals surface area contributed by atoms with E-state index in [9.17, 15) is 9.90 Å². The second kappa shape index (κ2) is 6.79. The van der Waals surface area contributed by atoms with Crippen LogP contribution in [0.1, 0.15) is 11.7 Å². The lowest BCUT2D eigenvalue weighted by Gasteiger charge is -2.15. The molecule has 0 radical (unpaired) electrons. The van der Waals surface area contributed by atoms with Gasteiger partial charge in [0.1, 0.15) is 5.75 Å². The van der Waals surface area contributed by atoms with Gasteiger partial charge >= 0.3 is 5.97 Å². The van der Waals surface area contributed by atoms with Gasteiger partial charge in [-0.05, 0) is 23.3 Å². The van der Waals surface area contributed by atoms with Crippen LogP contribution in [-0.2, 0) is 4.79 Å². The van der Waals surface area contributed by atoms with Crippen LogP contribution in [0.4, 0.5) is 0 Å². The van der Waals surface area contributed by atoms with Gasteiger partial charge in [0.05, 0.1) is 0 Å². The van der Waals surface area contributed by atoms with E-state index in [-0.39, 0.29) is 0 Å². The lowest BCUT2D eigenvalue weighted by Crippen LogP contribution is -2.18. The molecule has 23 heavy (non-hydrogen) atoms. The third-order valence-electron chi connectivity index (χ3n) is 3.54. The Bertz CT molecular complexity index is 765. The topological polar surface area (TPSA) is 46.5 Å². The van der Waals surface area contributed by atoms with Gasteiger partial charge in [0.2, 0.25) is 6.10 Å². The van der Waals surface area contributed by atoms with E-state index in [2.05, 4.69) is 0 Å². The van der Waals surface area contributed by atoms with Crippen molar-refractivity contribution in [3.63, 3.8) is 0 Å². The molecule has 3 nitrogen and oxygen atoms in total. The standard InChI is InChI=1S/C20H16O3/c21-20(22)19(17-9-5-2-6-10-17)23-18-13-11-16(12-14-18)15-7-3-1-4-8-15/h1-14,19H,(H,21,22). The van der Waals surface area contributed by atoms with E-state index >= 15 is 0 Å². The molecular weight excluding hydrogens is 288 g/mol. The van der Waals surface area contributed by atoms with Gasteiger partial charge in [0.25, 0.3) is 0 Å². The first-order valence-corrected chi connectivity index (χ1v) is 7.34. The Morgan fingerprint density at radius 1 is 0.739 bits per heavy atom. The van der Waals surface area contributed by atoms with Gasteiger partial charge < -0.3 is 9.84 Å². The molecule has 0 saturated carbocycles. The number of carbonyl (C=O) groups is 1. The second-order valence-electron chi connectivity index (χ2n) is 5.14. The molecule has 0 aliphatic rings. The Kier molecular flexibility index (Phi) is 4.39. The van der Waals surface area contributed by atoms with E-state index < -0.39 is 12.1 Å². The molecule has 0 aromatic heterocycles. The molecule has 1 unspecified atom stereocenters. The maximum atomic E-state index is 11.5. The van der Waals surface area contributed by atoms with E-state index in [0.29, 0.717) is 11.3 Å². The number of rotatable bonds is 5. The summed E-state index contributed by atoms with van der Waals surface area (Å²) in [6.07, 6.45) is -1.02. The molecule has 3 aromatic carbocycles. The summed E-state index contributed by atoms with van der Waals surface area (Å²) in [5.41, 5.74) is 2.79. The first kappa shape index (κ1) is 14.9. The van der Waals surface area contributed by atoms with Crippen LogP contribution in [0.15, 0.2) is 84.9 Å². The normalized spacial score (nSPS) is 11.7. The van der Waals surface area contributed by atoms with Crippen LogP contribution in [0.2, 0.25) is 0 Å². The quantitative estimate of drug-likeness (QED) is 0.751. The Labute approximate surface area is 134 Å². The summed E-state index contributed by atoms with van der Waals surface area (Å²) < 4.78 is 5.65. The predicted molar refractivity (Wildman–Crippen MR) is 89.3 cm³/mol. The lowest BCUT2D eigenvalue weighted by atomic mass is 10.1. The van der Waals surface area contributed by atoms with Gasteiger partial charge in [-0.3, -0.25) is 0 Å². The van der Waals surface area contributed by atoms with Crippen molar-refractivity contribution in [1.29, 1.82) is 0 Å². The Morgan fingerprint density at radius 3 is 1.83 bits per heavy atom. The van der Waals surface area contributed by atoms with Crippen LogP contribution in [0.25, 0.3) is 11.1 Å². The minimum absolute atomic E-state index is 0.529. The summed E-state index contributed by atoms with van der Waals surface area (Å²) in [5, 5.41) is 9.40. The van der Waals surface area contributed by atoms with Crippen molar-refractivity contribution in [2.24, 2.45) is 0 Å². The SMILES string of the molecule is O=C(O)C(Oc1ccc(-c2ccccc2)cc1)c1ccccc1. The maximum absolute atomic E-state index is 11.5. The van der Waals surface area contributed by atoms with E-state index in [1.165, 1.54) is 0 Å². The first-order chi connectivity index (χ1) is 11.2. The Hall–Kier alpha value is -3.07. The van der Waals surface area contributed by atoms with Gasteiger partial charge in [0.15, 0.2) is 0 Å². The smallest absolute Gasteiger partial charge is 0.349 e. The van der Waals surface area contributed by atoms with Gasteiger partial charge in [-0.25, -0.2) is 4.79 Å². The van der Waals surface area contributed by atoms with Crippen molar-refractivity contribution < 1.29 is 14.6 Å². The highest BCUT2D eigenvalue weighted by Gasteiger charge is 2.21. The zero-order valence-electron chi connectivity index (χ0n) is 12.4. The average molecular weight is 304 g/mol. The number of ether oxygens (including phenoxy) is 1. The Morgan fingerprint density at radius 2 is 1.26 bits per heavy atom. The third kappa shape index (κ3) is 3.58. The van der Waals surface area contributed by atoms with Crippen LogP contribution in [0.3, 0.4) is 0 Å². The molecule has 0 bridgehead atoms. The van der Waals surface area contributed by atoms with E-state index in [1.807, 2.05) is 48.5 Å². The molecule has 0 spiro atoms. The highest BCUT2D eigenvalue weighted by Crippen LogP contribution is 2.26. The van der Waals surface area contributed by atoms with E-state index in [4.69, 9.17) is 4.74 Å². The van der Waals surface area contributed by atoms with Crippen LogP contribution in [0.5, 0.6) is 5.75 Å². The molecule has 0 heterocycles. The molecule has 3 heteroatoms. The summed E-state index contributed by atoms with van der Waals surface area (Å²) in [5.74, 6) is -0.482. The highest BCUT2D eigenvalue weighted by molar-refractivity contribution is 5.75. The molecule has 3 rings (SSSR count). The van der Waals surface area contributed by atoms with E-state index in [1.54, 1.807) is 36.4 Å². The number of hydrogen-bond acceptors (Lipinski definition) is 2. The Balaban J connectivity index is 1.80. The van der Waals surface area contributed by atoms with Crippen LogP contribution in [0, 0.1) is 0 Å². The molecule has 0 aliphatic heterocycles. The van der Waals surface area contributed by atoms with Gasteiger partial charge in [-0.2, -0.15) is 0 Å². The number of carboxylic acids is 1. The molecule has 0 fully saturated rings. The summed E-state index contributed by atoms with van der Waals surface area (Å²) in [6, 6.07) is 26.4.